The first-order valence-corrected chi connectivity index (χ1v) is 2.64. The quantitative estimate of drug-likeness (QED) is 0.489. The molecule has 0 aromatic carbocycles. The minimum Gasteiger partial charge on any atom is -0.481 e. The Kier molecular flexibility index (Phi) is 0.995. The van der Waals surface area contributed by atoms with Crippen molar-refractivity contribution in [3.63, 3.8) is 0 Å². The van der Waals surface area contributed by atoms with Crippen molar-refractivity contribution in [2.45, 2.75) is 11.7 Å². The van der Waals surface area contributed by atoms with Crippen LogP contribution in [0.5, 0.6) is 0 Å². The standard InChI is InChI=1S/C4H6O2S/c5-4(6)2-1-3(2)7/h2-3,7H,1H2,(H,5,6)/t2-,3+/m0/s1. The Hall–Kier alpha value is -0.180. The van der Waals surface area contributed by atoms with Crippen LogP contribution in [0.25, 0.3) is 0 Å². The molecule has 0 aromatic rings. The second-order valence-electron chi connectivity index (χ2n) is 1.75. The summed E-state index contributed by atoms with van der Waals surface area (Å²) >= 11 is 3.93. The molecule has 3 heteroatoms. The molecule has 40 valence electrons. The number of rotatable bonds is 1. The van der Waals surface area contributed by atoms with Crippen molar-refractivity contribution in [1.29, 1.82) is 0 Å². The number of thiol groups is 1. The molecular formula is C4H6O2S. The molecule has 1 saturated carbocycles. The van der Waals surface area contributed by atoms with Crippen molar-refractivity contribution in [1.82, 2.24) is 0 Å². The molecule has 1 aliphatic rings. The molecule has 1 N–H and O–H groups in total. The third-order valence-corrected chi connectivity index (χ3v) is 1.64. The van der Waals surface area contributed by atoms with Crippen molar-refractivity contribution >= 4 is 18.6 Å². The summed E-state index contributed by atoms with van der Waals surface area (Å²) in [6.07, 6.45) is 0.748. The maximum atomic E-state index is 9.92. The topological polar surface area (TPSA) is 37.3 Å². The van der Waals surface area contributed by atoms with Gasteiger partial charge in [0.2, 0.25) is 0 Å². The van der Waals surface area contributed by atoms with Crippen LogP contribution in [0.15, 0.2) is 0 Å². The van der Waals surface area contributed by atoms with E-state index in [9.17, 15) is 4.79 Å². The highest BCUT2D eigenvalue weighted by Gasteiger charge is 2.40. The maximum absolute atomic E-state index is 9.92. The Morgan fingerprint density at radius 3 is 2.29 bits per heavy atom. The number of aliphatic carboxylic acids is 1. The smallest absolute Gasteiger partial charge is 0.307 e. The van der Waals surface area contributed by atoms with E-state index in [2.05, 4.69) is 12.6 Å². The van der Waals surface area contributed by atoms with E-state index in [4.69, 9.17) is 5.11 Å². The van der Waals surface area contributed by atoms with Crippen LogP contribution in [-0.4, -0.2) is 16.3 Å². The maximum Gasteiger partial charge on any atom is 0.307 e. The van der Waals surface area contributed by atoms with Gasteiger partial charge in [-0.2, -0.15) is 12.6 Å². The van der Waals surface area contributed by atoms with Gasteiger partial charge < -0.3 is 5.11 Å². The lowest BCUT2D eigenvalue weighted by Gasteiger charge is -1.79. The summed E-state index contributed by atoms with van der Waals surface area (Å²) in [5.41, 5.74) is 0. The molecule has 0 saturated heterocycles. The second-order valence-corrected chi connectivity index (χ2v) is 2.41. The van der Waals surface area contributed by atoms with Crippen LogP contribution in [0.4, 0.5) is 0 Å². The van der Waals surface area contributed by atoms with E-state index >= 15 is 0 Å². The zero-order valence-electron chi connectivity index (χ0n) is 3.66. The van der Waals surface area contributed by atoms with Crippen molar-refractivity contribution in [2.24, 2.45) is 5.92 Å². The lowest BCUT2D eigenvalue weighted by molar-refractivity contribution is -0.138. The van der Waals surface area contributed by atoms with Crippen LogP contribution < -0.4 is 0 Å². The van der Waals surface area contributed by atoms with Gasteiger partial charge in [-0.05, 0) is 6.42 Å². The average Bonchev–Trinajstić information content (AvgIpc) is 2.17. The summed E-state index contributed by atoms with van der Waals surface area (Å²) in [5.74, 6) is -0.858. The van der Waals surface area contributed by atoms with Crippen LogP contribution in [0, 0.1) is 5.92 Å². The van der Waals surface area contributed by atoms with E-state index in [-0.39, 0.29) is 11.2 Å². The summed E-state index contributed by atoms with van der Waals surface area (Å²) in [5, 5.41) is 8.31. The van der Waals surface area contributed by atoms with Crippen LogP contribution >= 0.6 is 12.6 Å². The van der Waals surface area contributed by atoms with E-state index in [1.807, 2.05) is 0 Å². The van der Waals surface area contributed by atoms with Gasteiger partial charge in [-0.25, -0.2) is 0 Å². The first-order valence-electron chi connectivity index (χ1n) is 2.12. The Morgan fingerprint density at radius 1 is 1.86 bits per heavy atom. The van der Waals surface area contributed by atoms with Gasteiger partial charge in [-0.1, -0.05) is 0 Å². The van der Waals surface area contributed by atoms with Crippen molar-refractivity contribution in [3.8, 4) is 0 Å². The molecular weight excluding hydrogens is 112 g/mol. The predicted octanol–water partition coefficient (Wildman–Crippen LogP) is 0.389. The van der Waals surface area contributed by atoms with Gasteiger partial charge >= 0.3 is 5.97 Å². The van der Waals surface area contributed by atoms with Gasteiger partial charge in [0, 0.05) is 5.25 Å². The van der Waals surface area contributed by atoms with Gasteiger partial charge in [0.15, 0.2) is 0 Å². The molecule has 7 heavy (non-hydrogen) atoms. The number of hydrogen-bond acceptors (Lipinski definition) is 2. The summed E-state index contributed by atoms with van der Waals surface area (Å²) in [6, 6.07) is 0. The Bertz CT molecular complexity index is 102. The zero-order chi connectivity index (χ0) is 5.44. The van der Waals surface area contributed by atoms with E-state index in [1.54, 1.807) is 0 Å². The highest BCUT2D eigenvalue weighted by Crippen LogP contribution is 2.35. The summed E-state index contributed by atoms with van der Waals surface area (Å²) in [6.45, 7) is 0. The van der Waals surface area contributed by atoms with E-state index in [0.717, 1.165) is 6.42 Å². The van der Waals surface area contributed by atoms with Crippen LogP contribution in [0.1, 0.15) is 6.42 Å². The minimum atomic E-state index is -0.708. The highest BCUT2D eigenvalue weighted by molar-refractivity contribution is 7.81. The van der Waals surface area contributed by atoms with Gasteiger partial charge in [0.05, 0.1) is 5.92 Å². The Morgan fingerprint density at radius 2 is 2.29 bits per heavy atom. The monoisotopic (exact) mass is 118 g/mol. The van der Waals surface area contributed by atoms with Crippen LogP contribution in [-0.2, 0) is 4.79 Å². The summed E-state index contributed by atoms with van der Waals surface area (Å²) < 4.78 is 0. The van der Waals surface area contributed by atoms with Gasteiger partial charge in [-0.3, -0.25) is 4.79 Å². The van der Waals surface area contributed by atoms with Crippen molar-refractivity contribution in [3.05, 3.63) is 0 Å². The molecule has 0 radical (unpaired) electrons. The fourth-order valence-corrected chi connectivity index (χ4v) is 0.802. The molecule has 0 amide bonds. The molecule has 0 spiro atoms. The van der Waals surface area contributed by atoms with Crippen LogP contribution in [0.3, 0.4) is 0 Å². The van der Waals surface area contributed by atoms with Crippen molar-refractivity contribution in [2.75, 3.05) is 0 Å². The van der Waals surface area contributed by atoms with Crippen molar-refractivity contribution < 1.29 is 9.90 Å². The molecule has 0 aromatic heterocycles. The average molecular weight is 118 g/mol. The van der Waals surface area contributed by atoms with E-state index < -0.39 is 5.97 Å². The zero-order valence-corrected chi connectivity index (χ0v) is 4.56. The summed E-state index contributed by atoms with van der Waals surface area (Å²) in [7, 11) is 0. The molecule has 0 aliphatic heterocycles. The number of hydrogen-bond donors (Lipinski definition) is 2. The molecule has 1 rings (SSSR count). The third kappa shape index (κ3) is 0.881. The van der Waals surface area contributed by atoms with Crippen LogP contribution in [0.2, 0.25) is 0 Å². The second kappa shape index (κ2) is 1.40. The fraction of sp³-hybridized carbons (Fsp3) is 0.750. The van der Waals surface area contributed by atoms with Gasteiger partial charge in [0.25, 0.3) is 0 Å². The third-order valence-electron chi connectivity index (χ3n) is 1.07. The normalized spacial score (nSPS) is 37.9. The fourth-order valence-electron chi connectivity index (χ4n) is 0.447. The first kappa shape index (κ1) is 4.97. The molecule has 2 atom stereocenters. The number of carbonyl (C=O) groups is 1. The Labute approximate surface area is 46.9 Å². The summed E-state index contributed by atoms with van der Waals surface area (Å²) in [4.78, 5) is 9.92. The van der Waals surface area contributed by atoms with E-state index in [1.165, 1.54) is 0 Å². The molecule has 1 fully saturated rings. The van der Waals surface area contributed by atoms with Gasteiger partial charge in [0.1, 0.15) is 0 Å². The molecule has 0 heterocycles. The number of carboxylic acids is 1. The van der Waals surface area contributed by atoms with E-state index in [0.29, 0.717) is 0 Å². The molecule has 1 aliphatic carbocycles. The molecule has 2 nitrogen and oxygen atoms in total. The first-order chi connectivity index (χ1) is 3.22. The lowest BCUT2D eigenvalue weighted by atomic mass is 10.4. The SMILES string of the molecule is O=C(O)[C@H]1C[C@H]1S. The lowest BCUT2D eigenvalue weighted by Crippen LogP contribution is -1.98. The number of carboxylic acid groups (broad SMARTS) is 1. The highest BCUT2D eigenvalue weighted by atomic mass is 32.1. The largest absolute Gasteiger partial charge is 0.481 e. The predicted molar refractivity (Wildman–Crippen MR) is 28.5 cm³/mol. The Balaban J connectivity index is 2.33. The molecule has 0 unspecified atom stereocenters. The molecule has 0 bridgehead atoms. The minimum absolute atomic E-state index is 0.137. The van der Waals surface area contributed by atoms with Gasteiger partial charge in [-0.15, -0.1) is 0 Å².